The second kappa shape index (κ2) is 8.07. The normalized spacial score (nSPS) is 12.0. The lowest BCUT2D eigenvalue weighted by atomic mass is 10.2. The maximum atomic E-state index is 12.6. The molecule has 7 nitrogen and oxygen atoms in total. The summed E-state index contributed by atoms with van der Waals surface area (Å²) in [5, 5.41) is 11.2. The standard InChI is InChI=1S/C20H24N4O3/c1-13-5-7-17(8-6-13)26-12-18-16(4)27-23-19(18)20(25)21-15(3)11-24-10-9-14(2)22-24/h5-10,15H,11-12H2,1-4H3,(H,21,25). The Morgan fingerprint density at radius 3 is 2.63 bits per heavy atom. The molecule has 3 aromatic rings. The molecule has 27 heavy (non-hydrogen) atoms. The van der Waals surface area contributed by atoms with Crippen molar-refractivity contribution in [1.82, 2.24) is 20.3 Å². The number of benzene rings is 1. The lowest BCUT2D eigenvalue weighted by molar-refractivity contribution is 0.0924. The second-order valence-electron chi connectivity index (χ2n) is 6.72. The van der Waals surface area contributed by atoms with E-state index in [-0.39, 0.29) is 24.2 Å². The monoisotopic (exact) mass is 368 g/mol. The van der Waals surface area contributed by atoms with Gasteiger partial charge in [0.1, 0.15) is 18.1 Å². The highest BCUT2D eigenvalue weighted by Gasteiger charge is 2.22. The van der Waals surface area contributed by atoms with Gasteiger partial charge >= 0.3 is 0 Å². The number of nitrogens with one attached hydrogen (secondary N) is 1. The summed E-state index contributed by atoms with van der Waals surface area (Å²) in [5.41, 5.74) is 3.00. The zero-order valence-corrected chi connectivity index (χ0v) is 16.0. The number of ether oxygens (including phenoxy) is 1. The number of amides is 1. The molecule has 0 spiro atoms. The van der Waals surface area contributed by atoms with Crippen molar-refractivity contribution < 1.29 is 14.1 Å². The summed E-state index contributed by atoms with van der Waals surface area (Å²) in [5.74, 6) is 1.02. The number of nitrogens with zero attached hydrogens (tertiary/aromatic N) is 3. The van der Waals surface area contributed by atoms with Gasteiger partial charge in [-0.25, -0.2) is 0 Å². The Kier molecular flexibility index (Phi) is 5.59. The molecule has 0 saturated heterocycles. The van der Waals surface area contributed by atoms with Crippen molar-refractivity contribution in [2.75, 3.05) is 0 Å². The van der Waals surface area contributed by atoms with Crippen molar-refractivity contribution in [1.29, 1.82) is 0 Å². The zero-order chi connectivity index (χ0) is 19.4. The summed E-state index contributed by atoms with van der Waals surface area (Å²) in [6.45, 7) is 8.43. The van der Waals surface area contributed by atoms with Gasteiger partial charge in [-0.15, -0.1) is 0 Å². The quantitative estimate of drug-likeness (QED) is 0.692. The molecule has 0 fully saturated rings. The average molecular weight is 368 g/mol. The predicted octanol–water partition coefficient (Wildman–Crippen LogP) is 3.19. The highest BCUT2D eigenvalue weighted by molar-refractivity contribution is 5.93. The lowest BCUT2D eigenvalue weighted by Crippen LogP contribution is -2.36. The lowest BCUT2D eigenvalue weighted by Gasteiger charge is -2.13. The molecular formula is C20H24N4O3. The highest BCUT2D eigenvalue weighted by atomic mass is 16.5. The van der Waals surface area contributed by atoms with Crippen LogP contribution in [0, 0.1) is 20.8 Å². The minimum absolute atomic E-state index is 0.111. The fourth-order valence-electron chi connectivity index (χ4n) is 2.71. The summed E-state index contributed by atoms with van der Waals surface area (Å²) in [6.07, 6.45) is 1.89. The van der Waals surface area contributed by atoms with E-state index in [9.17, 15) is 4.79 Å². The predicted molar refractivity (Wildman–Crippen MR) is 101 cm³/mol. The maximum Gasteiger partial charge on any atom is 0.274 e. The third-order valence-corrected chi connectivity index (χ3v) is 4.22. The SMILES string of the molecule is Cc1ccc(OCc2c(C(=O)NC(C)Cn3ccc(C)n3)noc2C)cc1. The van der Waals surface area contributed by atoms with E-state index in [1.54, 1.807) is 11.6 Å². The topological polar surface area (TPSA) is 82.2 Å². The van der Waals surface area contributed by atoms with Crippen LogP contribution in [0.1, 0.15) is 40.0 Å². The van der Waals surface area contributed by atoms with Crippen molar-refractivity contribution in [3.8, 4) is 5.75 Å². The van der Waals surface area contributed by atoms with Crippen molar-refractivity contribution >= 4 is 5.91 Å². The van der Waals surface area contributed by atoms with Crippen molar-refractivity contribution in [3.63, 3.8) is 0 Å². The van der Waals surface area contributed by atoms with Gasteiger partial charge in [0, 0.05) is 12.2 Å². The smallest absolute Gasteiger partial charge is 0.274 e. The van der Waals surface area contributed by atoms with Crippen LogP contribution in [-0.2, 0) is 13.2 Å². The second-order valence-corrected chi connectivity index (χ2v) is 6.72. The largest absolute Gasteiger partial charge is 0.489 e. The Bertz CT molecular complexity index is 912. The fourth-order valence-corrected chi connectivity index (χ4v) is 2.71. The van der Waals surface area contributed by atoms with Gasteiger partial charge in [0.05, 0.1) is 17.8 Å². The Morgan fingerprint density at radius 2 is 1.96 bits per heavy atom. The van der Waals surface area contributed by atoms with E-state index >= 15 is 0 Å². The van der Waals surface area contributed by atoms with Crippen LogP contribution < -0.4 is 10.1 Å². The first-order valence-corrected chi connectivity index (χ1v) is 8.88. The van der Waals surface area contributed by atoms with Crippen LogP contribution in [0.25, 0.3) is 0 Å². The summed E-state index contributed by atoms with van der Waals surface area (Å²) < 4.78 is 12.8. The van der Waals surface area contributed by atoms with Crippen LogP contribution in [-0.4, -0.2) is 26.9 Å². The molecule has 0 radical (unpaired) electrons. The Labute approximate surface area is 158 Å². The molecule has 0 aliphatic heterocycles. The van der Waals surface area contributed by atoms with Gasteiger partial charge in [-0.1, -0.05) is 22.9 Å². The summed E-state index contributed by atoms with van der Waals surface area (Å²) >= 11 is 0. The molecule has 0 saturated carbocycles. The molecular weight excluding hydrogens is 344 g/mol. The molecule has 1 unspecified atom stereocenters. The summed E-state index contributed by atoms with van der Waals surface area (Å²) in [6, 6.07) is 9.55. The number of carbonyl (C=O) groups is 1. The Hall–Kier alpha value is -3.09. The van der Waals surface area contributed by atoms with Gasteiger partial charge in [0.15, 0.2) is 5.69 Å². The zero-order valence-electron chi connectivity index (χ0n) is 16.0. The number of aryl methyl sites for hydroxylation is 3. The molecule has 3 rings (SSSR count). The van der Waals surface area contributed by atoms with E-state index in [2.05, 4.69) is 15.6 Å². The molecule has 0 bridgehead atoms. The fraction of sp³-hybridized carbons (Fsp3) is 0.350. The third kappa shape index (κ3) is 4.75. The first kappa shape index (κ1) is 18.7. The first-order valence-electron chi connectivity index (χ1n) is 8.88. The minimum atomic E-state index is -0.286. The van der Waals surface area contributed by atoms with Crippen LogP contribution >= 0.6 is 0 Å². The van der Waals surface area contributed by atoms with E-state index in [1.165, 1.54) is 0 Å². The maximum absolute atomic E-state index is 12.6. The molecule has 1 amide bonds. The van der Waals surface area contributed by atoms with Crippen molar-refractivity contribution in [3.05, 3.63) is 64.8 Å². The number of hydrogen-bond donors (Lipinski definition) is 1. The highest BCUT2D eigenvalue weighted by Crippen LogP contribution is 2.18. The molecule has 0 aliphatic rings. The van der Waals surface area contributed by atoms with E-state index < -0.39 is 0 Å². The van der Waals surface area contributed by atoms with Gasteiger partial charge in [-0.3, -0.25) is 9.48 Å². The Balaban J connectivity index is 1.63. The Morgan fingerprint density at radius 1 is 1.22 bits per heavy atom. The van der Waals surface area contributed by atoms with Gasteiger partial charge in [0.2, 0.25) is 0 Å². The van der Waals surface area contributed by atoms with Crippen LogP contribution in [0.2, 0.25) is 0 Å². The van der Waals surface area contributed by atoms with Crippen LogP contribution in [0.15, 0.2) is 41.1 Å². The van der Waals surface area contributed by atoms with Crippen molar-refractivity contribution in [2.45, 2.75) is 46.9 Å². The number of hydrogen-bond acceptors (Lipinski definition) is 5. The van der Waals surface area contributed by atoms with Gasteiger partial charge in [0.25, 0.3) is 5.91 Å². The van der Waals surface area contributed by atoms with E-state index in [0.29, 0.717) is 17.9 Å². The van der Waals surface area contributed by atoms with Crippen molar-refractivity contribution in [2.24, 2.45) is 0 Å². The molecule has 2 heterocycles. The molecule has 1 atom stereocenters. The van der Waals surface area contributed by atoms with Gasteiger partial charge < -0.3 is 14.6 Å². The molecule has 7 heteroatoms. The summed E-state index contributed by atoms with van der Waals surface area (Å²) in [4.78, 5) is 12.6. The van der Waals surface area contributed by atoms with Gasteiger partial charge in [-0.2, -0.15) is 5.10 Å². The van der Waals surface area contributed by atoms with Crippen LogP contribution in [0.4, 0.5) is 0 Å². The molecule has 1 N–H and O–H groups in total. The van der Waals surface area contributed by atoms with E-state index in [0.717, 1.165) is 17.0 Å². The third-order valence-electron chi connectivity index (χ3n) is 4.22. The molecule has 0 aliphatic carbocycles. The summed E-state index contributed by atoms with van der Waals surface area (Å²) in [7, 11) is 0. The van der Waals surface area contributed by atoms with Gasteiger partial charge in [-0.05, 0) is 45.9 Å². The van der Waals surface area contributed by atoms with E-state index in [4.69, 9.17) is 9.26 Å². The van der Waals surface area contributed by atoms with E-state index in [1.807, 2.05) is 57.3 Å². The minimum Gasteiger partial charge on any atom is -0.489 e. The molecule has 142 valence electrons. The number of aromatic nitrogens is 3. The molecule has 1 aromatic carbocycles. The average Bonchev–Trinajstić information content (AvgIpc) is 3.19. The number of carbonyl (C=O) groups excluding carboxylic acids is 1. The van der Waals surface area contributed by atoms with Crippen LogP contribution in [0.5, 0.6) is 5.75 Å². The van der Waals surface area contributed by atoms with Crippen LogP contribution in [0.3, 0.4) is 0 Å². The molecule has 2 aromatic heterocycles. The first-order chi connectivity index (χ1) is 12.9. The number of rotatable bonds is 7.